The molecule has 2 nitrogen and oxygen atoms in total. The Bertz CT molecular complexity index is 97.4. The van der Waals surface area contributed by atoms with Crippen molar-refractivity contribution in [3.8, 4) is 0 Å². The Morgan fingerprint density at radius 1 is 1.30 bits per heavy atom. The van der Waals surface area contributed by atoms with E-state index in [1.807, 2.05) is 0 Å². The van der Waals surface area contributed by atoms with Crippen LogP contribution in [0.15, 0.2) is 0 Å². The maximum Gasteiger partial charge on any atom is 0.133 e. The first kappa shape index (κ1) is 7.73. The molecule has 1 rings (SSSR count). The summed E-state index contributed by atoms with van der Waals surface area (Å²) >= 11 is 0. The van der Waals surface area contributed by atoms with Gasteiger partial charge in [-0.05, 0) is 12.8 Å². The van der Waals surface area contributed by atoms with Gasteiger partial charge in [-0.25, -0.2) is 0 Å². The number of carbonyl (C=O) groups excluding carboxylic acids is 1. The van der Waals surface area contributed by atoms with Crippen LogP contribution in [0.3, 0.4) is 0 Å². The van der Waals surface area contributed by atoms with Crippen LogP contribution in [0, 0.1) is 0 Å². The largest absolute Gasteiger partial charge is 0.307 e. The van der Waals surface area contributed by atoms with E-state index in [1.54, 1.807) is 0 Å². The normalized spacial score (nSPS) is 20.8. The summed E-state index contributed by atoms with van der Waals surface area (Å²) in [5.41, 5.74) is 0. The van der Waals surface area contributed by atoms with Gasteiger partial charge in [0.15, 0.2) is 0 Å². The third kappa shape index (κ3) is 2.48. The van der Waals surface area contributed by atoms with Crippen LogP contribution in [0.1, 0.15) is 32.1 Å². The predicted molar refractivity (Wildman–Crippen MR) is 40.9 cm³/mol. The molecule has 0 spiro atoms. The van der Waals surface area contributed by atoms with Gasteiger partial charge in [0.05, 0.1) is 6.54 Å². The maximum atomic E-state index is 9.99. The Morgan fingerprint density at radius 3 is 2.60 bits per heavy atom. The molecule has 0 bridgehead atoms. The minimum absolute atomic E-state index is 0.532. The van der Waals surface area contributed by atoms with Crippen molar-refractivity contribution in [1.29, 1.82) is 0 Å². The Balaban J connectivity index is 2.07. The summed E-state index contributed by atoms with van der Waals surface area (Å²) in [6.07, 6.45) is 7.49. The zero-order valence-corrected chi connectivity index (χ0v) is 6.31. The van der Waals surface area contributed by atoms with E-state index in [0.717, 1.165) is 6.29 Å². The third-order valence-corrected chi connectivity index (χ3v) is 2.10. The number of rotatable bonds is 3. The molecule has 0 atom stereocenters. The van der Waals surface area contributed by atoms with Crippen LogP contribution in [0.25, 0.3) is 0 Å². The summed E-state index contributed by atoms with van der Waals surface area (Å²) in [6, 6.07) is 0.624. The number of aldehydes is 1. The fourth-order valence-electron chi connectivity index (χ4n) is 1.52. The summed E-state index contributed by atoms with van der Waals surface area (Å²) in [5, 5.41) is 3.20. The molecule has 0 amide bonds. The van der Waals surface area contributed by atoms with Crippen LogP contribution in [-0.4, -0.2) is 18.9 Å². The highest BCUT2D eigenvalue weighted by atomic mass is 16.1. The fraction of sp³-hybridized carbons (Fsp3) is 0.875. The highest BCUT2D eigenvalue weighted by Gasteiger charge is 2.11. The Kier molecular flexibility index (Phi) is 3.44. The molecule has 0 radical (unpaired) electrons. The van der Waals surface area contributed by atoms with E-state index >= 15 is 0 Å². The first-order valence-electron chi connectivity index (χ1n) is 4.10. The smallest absolute Gasteiger partial charge is 0.133 e. The second-order valence-electron chi connectivity index (χ2n) is 2.91. The van der Waals surface area contributed by atoms with Gasteiger partial charge in [-0.15, -0.1) is 0 Å². The van der Waals surface area contributed by atoms with Gasteiger partial charge in [-0.3, -0.25) is 0 Å². The molecule has 0 unspecified atom stereocenters. The van der Waals surface area contributed by atoms with Crippen LogP contribution in [0.4, 0.5) is 0 Å². The Morgan fingerprint density at radius 2 is 2.00 bits per heavy atom. The Hall–Kier alpha value is -0.370. The van der Waals surface area contributed by atoms with E-state index in [1.165, 1.54) is 32.1 Å². The van der Waals surface area contributed by atoms with Gasteiger partial charge in [0.2, 0.25) is 0 Å². The second kappa shape index (κ2) is 4.45. The quantitative estimate of drug-likeness (QED) is 0.596. The predicted octanol–water partition coefficient (Wildman–Crippen LogP) is 1.11. The van der Waals surface area contributed by atoms with Crippen molar-refractivity contribution in [3.05, 3.63) is 0 Å². The summed E-state index contributed by atoms with van der Waals surface area (Å²) in [4.78, 5) is 9.99. The third-order valence-electron chi connectivity index (χ3n) is 2.10. The van der Waals surface area contributed by atoms with E-state index in [2.05, 4.69) is 5.32 Å². The molecule has 1 aliphatic carbocycles. The first-order valence-corrected chi connectivity index (χ1v) is 4.10. The molecule has 1 N–H and O–H groups in total. The Labute approximate surface area is 62.0 Å². The van der Waals surface area contributed by atoms with Crippen LogP contribution >= 0.6 is 0 Å². The minimum atomic E-state index is 0.532. The molecule has 10 heavy (non-hydrogen) atoms. The van der Waals surface area contributed by atoms with E-state index in [9.17, 15) is 4.79 Å². The fourth-order valence-corrected chi connectivity index (χ4v) is 1.52. The van der Waals surface area contributed by atoms with Crippen LogP contribution in [0.2, 0.25) is 0 Å². The molecular weight excluding hydrogens is 126 g/mol. The number of carbonyl (C=O) groups is 1. The molecule has 2 heteroatoms. The zero-order chi connectivity index (χ0) is 7.23. The lowest BCUT2D eigenvalue weighted by atomic mass is 9.96. The highest BCUT2D eigenvalue weighted by molar-refractivity contribution is 5.51. The molecule has 1 fully saturated rings. The van der Waals surface area contributed by atoms with Gasteiger partial charge < -0.3 is 10.1 Å². The SMILES string of the molecule is O=CCNC1CCCCC1. The standard InChI is InChI=1S/C8H15NO/c10-7-6-9-8-4-2-1-3-5-8/h7-9H,1-6H2. The summed E-state index contributed by atoms with van der Waals surface area (Å²) in [6.45, 7) is 0.532. The molecule has 0 saturated heterocycles. The van der Waals surface area contributed by atoms with Gasteiger partial charge >= 0.3 is 0 Å². The van der Waals surface area contributed by atoms with E-state index < -0.39 is 0 Å². The average Bonchev–Trinajstić information content (AvgIpc) is 2.03. The zero-order valence-electron chi connectivity index (χ0n) is 6.31. The maximum absolute atomic E-state index is 9.99. The topological polar surface area (TPSA) is 29.1 Å². The molecule has 0 aromatic heterocycles. The monoisotopic (exact) mass is 141 g/mol. The molecule has 0 heterocycles. The van der Waals surface area contributed by atoms with Crippen LogP contribution in [-0.2, 0) is 4.79 Å². The van der Waals surface area contributed by atoms with Gasteiger partial charge in [0.1, 0.15) is 6.29 Å². The lowest BCUT2D eigenvalue weighted by molar-refractivity contribution is -0.107. The van der Waals surface area contributed by atoms with Gasteiger partial charge in [-0.1, -0.05) is 19.3 Å². The van der Waals surface area contributed by atoms with Crippen molar-refractivity contribution in [2.24, 2.45) is 0 Å². The van der Waals surface area contributed by atoms with Gasteiger partial charge in [0, 0.05) is 6.04 Å². The van der Waals surface area contributed by atoms with Crippen LogP contribution in [0.5, 0.6) is 0 Å². The average molecular weight is 141 g/mol. The van der Waals surface area contributed by atoms with E-state index in [0.29, 0.717) is 12.6 Å². The van der Waals surface area contributed by atoms with E-state index in [-0.39, 0.29) is 0 Å². The van der Waals surface area contributed by atoms with E-state index in [4.69, 9.17) is 0 Å². The van der Waals surface area contributed by atoms with Crippen molar-refractivity contribution in [3.63, 3.8) is 0 Å². The van der Waals surface area contributed by atoms with Crippen LogP contribution < -0.4 is 5.32 Å². The molecule has 1 saturated carbocycles. The summed E-state index contributed by atoms with van der Waals surface area (Å²) in [7, 11) is 0. The summed E-state index contributed by atoms with van der Waals surface area (Å²) < 4.78 is 0. The van der Waals surface area contributed by atoms with Crippen molar-refractivity contribution in [2.45, 2.75) is 38.1 Å². The number of hydrogen-bond donors (Lipinski definition) is 1. The van der Waals surface area contributed by atoms with Crippen molar-refractivity contribution in [2.75, 3.05) is 6.54 Å². The molecule has 58 valence electrons. The number of nitrogens with one attached hydrogen (secondary N) is 1. The van der Waals surface area contributed by atoms with Gasteiger partial charge in [0.25, 0.3) is 0 Å². The molecular formula is C8H15NO. The minimum Gasteiger partial charge on any atom is -0.307 e. The molecule has 0 aromatic rings. The molecule has 0 aromatic carbocycles. The second-order valence-corrected chi connectivity index (χ2v) is 2.91. The van der Waals surface area contributed by atoms with Crippen molar-refractivity contribution >= 4 is 6.29 Å². The lowest BCUT2D eigenvalue weighted by Crippen LogP contribution is -2.32. The summed E-state index contributed by atoms with van der Waals surface area (Å²) in [5.74, 6) is 0. The van der Waals surface area contributed by atoms with Crippen molar-refractivity contribution in [1.82, 2.24) is 5.32 Å². The number of hydrogen-bond acceptors (Lipinski definition) is 2. The van der Waals surface area contributed by atoms with Gasteiger partial charge in [-0.2, -0.15) is 0 Å². The molecule has 0 aliphatic heterocycles. The lowest BCUT2D eigenvalue weighted by Gasteiger charge is -2.21. The molecule has 1 aliphatic rings. The van der Waals surface area contributed by atoms with Crippen molar-refractivity contribution < 1.29 is 4.79 Å². The highest BCUT2D eigenvalue weighted by Crippen LogP contribution is 2.16. The first-order chi connectivity index (χ1) is 4.93.